The van der Waals surface area contributed by atoms with Crippen LogP contribution in [0.15, 0.2) is 32.1 Å². The maximum Gasteiger partial charge on any atom is 0.360 e. The molecule has 8 heteroatoms. The van der Waals surface area contributed by atoms with Gasteiger partial charge in [0.15, 0.2) is 0 Å². The van der Waals surface area contributed by atoms with Crippen molar-refractivity contribution in [2.75, 3.05) is 7.11 Å². The molecule has 0 saturated carbocycles. The Morgan fingerprint density at radius 3 is 2.57 bits per heavy atom. The molecule has 0 bridgehead atoms. The molecule has 0 unspecified atom stereocenters. The highest BCUT2D eigenvalue weighted by Crippen LogP contribution is 2.33. The largest absolute Gasteiger partial charge is 0.495 e. The van der Waals surface area contributed by atoms with Crippen LogP contribution in [0.2, 0.25) is 0 Å². The van der Waals surface area contributed by atoms with E-state index in [1.807, 2.05) is 0 Å². The number of nitrogens with zero attached hydrogens (tertiary/aromatic N) is 2. The molecule has 0 atom stereocenters. The lowest BCUT2D eigenvalue weighted by Crippen LogP contribution is -2.23. The number of benzene rings is 1. The molecule has 110 valence electrons. The van der Waals surface area contributed by atoms with Crippen LogP contribution in [-0.2, 0) is 0 Å². The number of halogens is 2. The zero-order chi connectivity index (χ0) is 15.7. The highest BCUT2D eigenvalue weighted by molar-refractivity contribution is 9.11. The van der Waals surface area contributed by atoms with Gasteiger partial charge in [0, 0.05) is 22.3 Å². The summed E-state index contributed by atoms with van der Waals surface area (Å²) in [6.45, 7) is 1.54. The summed E-state index contributed by atoms with van der Waals surface area (Å²) in [6.07, 6.45) is 1.47. The van der Waals surface area contributed by atoms with Gasteiger partial charge >= 0.3 is 5.97 Å². The van der Waals surface area contributed by atoms with E-state index < -0.39 is 17.1 Å². The van der Waals surface area contributed by atoms with Gasteiger partial charge in [-0.2, -0.15) is 5.10 Å². The number of carboxylic acids is 1. The molecule has 1 N–H and O–H groups in total. The number of rotatable bonds is 3. The second kappa shape index (κ2) is 5.98. The summed E-state index contributed by atoms with van der Waals surface area (Å²) >= 11 is 6.73. The quantitative estimate of drug-likeness (QED) is 0.830. The molecule has 0 aliphatic rings. The van der Waals surface area contributed by atoms with Crippen molar-refractivity contribution in [2.24, 2.45) is 0 Å². The number of ether oxygens (including phenoxy) is 1. The van der Waals surface area contributed by atoms with Crippen LogP contribution in [0, 0.1) is 6.92 Å². The lowest BCUT2D eigenvalue weighted by Gasteiger charge is -2.12. The molecule has 1 heterocycles. The van der Waals surface area contributed by atoms with Crippen LogP contribution in [0.3, 0.4) is 0 Å². The van der Waals surface area contributed by atoms with E-state index >= 15 is 0 Å². The molecule has 2 rings (SSSR count). The molecule has 1 aromatic heterocycles. The number of aromatic carboxylic acids is 1. The third-order valence-corrected chi connectivity index (χ3v) is 4.02. The first-order valence-electron chi connectivity index (χ1n) is 5.72. The molecular weight excluding hydrogens is 408 g/mol. The Kier molecular flexibility index (Phi) is 4.48. The van der Waals surface area contributed by atoms with Crippen LogP contribution in [0.1, 0.15) is 16.1 Å². The maximum atomic E-state index is 11.8. The van der Waals surface area contributed by atoms with E-state index in [1.54, 1.807) is 12.1 Å². The minimum atomic E-state index is -1.36. The predicted molar refractivity (Wildman–Crippen MR) is 83.5 cm³/mol. The minimum absolute atomic E-state index is 0.288. The Morgan fingerprint density at radius 2 is 2.00 bits per heavy atom. The van der Waals surface area contributed by atoms with Gasteiger partial charge in [0.2, 0.25) is 11.1 Å². The van der Waals surface area contributed by atoms with Gasteiger partial charge in [0.25, 0.3) is 0 Å². The maximum absolute atomic E-state index is 11.8. The molecule has 0 fully saturated rings. The number of aromatic nitrogens is 2. The van der Waals surface area contributed by atoms with E-state index in [0.29, 0.717) is 15.9 Å². The molecule has 0 radical (unpaired) electrons. The lowest BCUT2D eigenvalue weighted by atomic mass is 10.2. The molecule has 0 saturated heterocycles. The highest BCUT2D eigenvalue weighted by Gasteiger charge is 2.16. The number of carboxylic acid groups (broad SMARTS) is 1. The topological polar surface area (TPSA) is 81.4 Å². The summed E-state index contributed by atoms with van der Waals surface area (Å²) in [6, 6.07) is 3.43. The van der Waals surface area contributed by atoms with E-state index in [-0.39, 0.29) is 5.56 Å². The fourth-order valence-electron chi connectivity index (χ4n) is 1.72. The number of hydrogen-bond donors (Lipinski definition) is 1. The van der Waals surface area contributed by atoms with E-state index in [0.717, 1.165) is 4.47 Å². The Balaban J connectivity index is 2.73. The fourth-order valence-corrected chi connectivity index (χ4v) is 3.06. The molecule has 0 spiro atoms. The summed E-state index contributed by atoms with van der Waals surface area (Å²) in [5, 5.41) is 12.9. The van der Waals surface area contributed by atoms with Gasteiger partial charge in [0.05, 0.1) is 17.3 Å². The Morgan fingerprint density at radius 1 is 1.33 bits per heavy atom. The van der Waals surface area contributed by atoms with E-state index in [4.69, 9.17) is 9.84 Å². The van der Waals surface area contributed by atoms with Crippen molar-refractivity contribution in [3.8, 4) is 11.4 Å². The van der Waals surface area contributed by atoms with E-state index in [2.05, 4.69) is 37.0 Å². The molecule has 21 heavy (non-hydrogen) atoms. The monoisotopic (exact) mass is 416 g/mol. The summed E-state index contributed by atoms with van der Waals surface area (Å²) in [7, 11) is 1.52. The van der Waals surface area contributed by atoms with Crippen molar-refractivity contribution in [2.45, 2.75) is 6.92 Å². The third kappa shape index (κ3) is 3.01. The van der Waals surface area contributed by atoms with Crippen LogP contribution >= 0.6 is 31.9 Å². The van der Waals surface area contributed by atoms with Crippen LogP contribution in [0.4, 0.5) is 0 Å². The van der Waals surface area contributed by atoms with Gasteiger partial charge < -0.3 is 9.84 Å². The SMILES string of the molecule is COc1cc(-n2cc(C)c(=O)c(C(=O)O)n2)c(Br)cc1Br. The van der Waals surface area contributed by atoms with Crippen molar-refractivity contribution in [1.29, 1.82) is 0 Å². The molecule has 2 aromatic rings. The second-order valence-electron chi connectivity index (χ2n) is 4.18. The summed E-state index contributed by atoms with van der Waals surface area (Å²) < 4.78 is 7.94. The van der Waals surface area contributed by atoms with Crippen molar-refractivity contribution in [3.05, 3.63) is 48.8 Å². The van der Waals surface area contributed by atoms with Crippen molar-refractivity contribution < 1.29 is 14.6 Å². The molecule has 1 aromatic carbocycles. The summed E-state index contributed by atoms with van der Waals surface area (Å²) in [5.74, 6) is -0.805. The predicted octanol–water partition coefficient (Wildman–Crippen LogP) is 2.77. The number of hydrogen-bond acceptors (Lipinski definition) is 4. The zero-order valence-electron chi connectivity index (χ0n) is 11.1. The summed E-state index contributed by atoms with van der Waals surface area (Å²) in [5.41, 5.74) is -0.278. The molecule has 6 nitrogen and oxygen atoms in total. The first-order chi connectivity index (χ1) is 9.85. The smallest absolute Gasteiger partial charge is 0.360 e. The van der Waals surface area contributed by atoms with Crippen molar-refractivity contribution in [1.82, 2.24) is 9.78 Å². The van der Waals surface area contributed by atoms with Gasteiger partial charge in [-0.25, -0.2) is 9.48 Å². The van der Waals surface area contributed by atoms with Crippen LogP contribution in [0.25, 0.3) is 5.69 Å². The van der Waals surface area contributed by atoms with Gasteiger partial charge in [-0.3, -0.25) is 4.79 Å². The minimum Gasteiger partial charge on any atom is -0.495 e. The van der Waals surface area contributed by atoms with Gasteiger partial charge in [-0.15, -0.1) is 0 Å². The molecule has 0 aliphatic carbocycles. The third-order valence-electron chi connectivity index (χ3n) is 2.77. The lowest BCUT2D eigenvalue weighted by molar-refractivity contribution is 0.0686. The number of carbonyl (C=O) groups is 1. The molecule has 0 aliphatic heterocycles. The van der Waals surface area contributed by atoms with Crippen LogP contribution in [0.5, 0.6) is 5.75 Å². The second-order valence-corrected chi connectivity index (χ2v) is 5.89. The Bertz CT molecular complexity index is 786. The zero-order valence-corrected chi connectivity index (χ0v) is 14.2. The first kappa shape index (κ1) is 15.7. The normalized spacial score (nSPS) is 10.5. The van der Waals surface area contributed by atoms with E-state index in [9.17, 15) is 9.59 Å². The van der Waals surface area contributed by atoms with Crippen molar-refractivity contribution in [3.63, 3.8) is 0 Å². The number of aryl methyl sites for hydroxylation is 1. The molecular formula is C13H10Br2N2O4. The first-order valence-corrected chi connectivity index (χ1v) is 7.31. The van der Waals surface area contributed by atoms with E-state index in [1.165, 1.54) is 24.9 Å². The van der Waals surface area contributed by atoms with Crippen molar-refractivity contribution >= 4 is 37.8 Å². The summed E-state index contributed by atoms with van der Waals surface area (Å²) in [4.78, 5) is 22.9. The average molecular weight is 418 g/mol. The highest BCUT2D eigenvalue weighted by atomic mass is 79.9. The average Bonchev–Trinajstić information content (AvgIpc) is 2.41. The molecule has 0 amide bonds. The van der Waals surface area contributed by atoms with Gasteiger partial charge in [0.1, 0.15) is 5.75 Å². The van der Waals surface area contributed by atoms with Crippen LogP contribution < -0.4 is 10.2 Å². The Labute approximate surface area is 136 Å². The fraction of sp³-hybridized carbons (Fsp3) is 0.154. The number of methoxy groups -OCH3 is 1. The standard InChI is InChI=1S/C13H10Br2N2O4/c1-6-5-17(16-11(12(6)18)13(19)20)9-4-10(21-2)8(15)3-7(9)14/h3-5H,1-2H3,(H,19,20). The van der Waals surface area contributed by atoms with Crippen LogP contribution in [-0.4, -0.2) is 28.0 Å². The van der Waals surface area contributed by atoms with Gasteiger partial charge in [-0.1, -0.05) is 0 Å². The van der Waals surface area contributed by atoms with Gasteiger partial charge in [-0.05, 0) is 44.8 Å². The Hall–Kier alpha value is -1.67.